The van der Waals surface area contributed by atoms with E-state index < -0.39 is 0 Å². The Morgan fingerprint density at radius 3 is 2.20 bits per heavy atom. The molecule has 0 bridgehead atoms. The number of benzene rings is 1. The van der Waals surface area contributed by atoms with Crippen molar-refractivity contribution in [3.05, 3.63) is 47.5 Å². The monoisotopic (exact) mass is 272 g/mol. The molecule has 0 unspecified atom stereocenters. The molecule has 0 aromatic heterocycles. The van der Waals surface area contributed by atoms with Crippen LogP contribution in [-0.2, 0) is 6.42 Å². The Kier molecular flexibility index (Phi) is 10.0. The molecule has 0 spiro atoms. The molecule has 1 rings (SSSR count). The molecule has 112 valence electrons. The number of hydrogen-bond donors (Lipinski definition) is 0. The molecule has 1 aromatic carbocycles. The van der Waals surface area contributed by atoms with Gasteiger partial charge in [0.1, 0.15) is 0 Å². The van der Waals surface area contributed by atoms with E-state index in [2.05, 4.69) is 50.3 Å². The molecule has 0 aliphatic rings. The number of unbranched alkanes of at least 4 members (excludes halogenated alkanes) is 7. The average Bonchev–Trinajstić information content (AvgIpc) is 2.46. The molecule has 0 saturated carbocycles. The molecule has 0 saturated heterocycles. The fraction of sp³-hybridized carbons (Fsp3) is 0.600. The van der Waals surface area contributed by atoms with E-state index in [0.29, 0.717) is 0 Å². The van der Waals surface area contributed by atoms with Gasteiger partial charge in [0.25, 0.3) is 0 Å². The molecule has 0 aliphatic carbocycles. The van der Waals surface area contributed by atoms with E-state index in [-0.39, 0.29) is 0 Å². The third-order valence-electron chi connectivity index (χ3n) is 3.98. The molecule has 0 radical (unpaired) electrons. The number of rotatable bonds is 11. The summed E-state index contributed by atoms with van der Waals surface area (Å²) in [5.74, 6) is 0. The largest absolute Gasteiger partial charge is 0.0885 e. The molecule has 0 heteroatoms. The van der Waals surface area contributed by atoms with Crippen LogP contribution in [-0.4, -0.2) is 0 Å². The van der Waals surface area contributed by atoms with Gasteiger partial charge >= 0.3 is 0 Å². The average molecular weight is 272 g/mol. The minimum absolute atomic E-state index is 1.18. The van der Waals surface area contributed by atoms with Crippen molar-refractivity contribution in [1.82, 2.24) is 0 Å². The molecule has 1 aromatic rings. The van der Waals surface area contributed by atoms with Crippen molar-refractivity contribution in [2.24, 2.45) is 0 Å². The van der Waals surface area contributed by atoms with Gasteiger partial charge in [-0.05, 0) is 43.7 Å². The van der Waals surface area contributed by atoms with Crippen LogP contribution in [0, 0.1) is 6.92 Å². The summed E-state index contributed by atoms with van der Waals surface area (Å²) >= 11 is 0. The zero-order chi connectivity index (χ0) is 14.5. The van der Waals surface area contributed by atoms with Gasteiger partial charge in [0.2, 0.25) is 0 Å². The van der Waals surface area contributed by atoms with Gasteiger partial charge in [-0.3, -0.25) is 0 Å². The first-order valence-electron chi connectivity index (χ1n) is 8.54. The second-order valence-electron chi connectivity index (χ2n) is 5.85. The zero-order valence-electron chi connectivity index (χ0n) is 13.5. The third kappa shape index (κ3) is 8.19. The molecule has 0 aliphatic heterocycles. The predicted molar refractivity (Wildman–Crippen MR) is 91.3 cm³/mol. The highest BCUT2D eigenvalue weighted by Gasteiger charge is 1.94. The Morgan fingerprint density at radius 1 is 0.800 bits per heavy atom. The molecule has 0 nitrogen and oxygen atoms in total. The lowest BCUT2D eigenvalue weighted by Gasteiger charge is -2.02. The van der Waals surface area contributed by atoms with E-state index in [1.165, 1.54) is 75.3 Å². The van der Waals surface area contributed by atoms with Crippen molar-refractivity contribution < 1.29 is 0 Å². The number of aryl methyl sites for hydroxylation is 2. The second-order valence-corrected chi connectivity index (χ2v) is 5.85. The van der Waals surface area contributed by atoms with Crippen molar-refractivity contribution in [3.63, 3.8) is 0 Å². The molecule has 0 N–H and O–H groups in total. The van der Waals surface area contributed by atoms with Crippen molar-refractivity contribution in [2.45, 2.75) is 78.1 Å². The summed E-state index contributed by atoms with van der Waals surface area (Å²) < 4.78 is 0. The van der Waals surface area contributed by atoms with Crippen molar-refractivity contribution in [3.8, 4) is 0 Å². The van der Waals surface area contributed by atoms with Crippen LogP contribution < -0.4 is 0 Å². The van der Waals surface area contributed by atoms with Gasteiger partial charge in [0.05, 0.1) is 0 Å². The van der Waals surface area contributed by atoms with Crippen molar-refractivity contribution in [2.75, 3.05) is 0 Å². The van der Waals surface area contributed by atoms with E-state index in [0.717, 1.165) is 0 Å². The normalized spacial score (nSPS) is 11.3. The van der Waals surface area contributed by atoms with Crippen molar-refractivity contribution >= 4 is 0 Å². The fourth-order valence-electron chi connectivity index (χ4n) is 2.58. The van der Waals surface area contributed by atoms with Gasteiger partial charge in [-0.2, -0.15) is 0 Å². The van der Waals surface area contributed by atoms with E-state index >= 15 is 0 Å². The smallest absolute Gasteiger partial charge is 0.0242 e. The summed E-state index contributed by atoms with van der Waals surface area (Å²) in [6, 6.07) is 8.72. The summed E-state index contributed by atoms with van der Waals surface area (Å²) in [7, 11) is 0. The predicted octanol–water partition coefficient (Wildman–Crippen LogP) is 6.62. The maximum Gasteiger partial charge on any atom is -0.0242 e. The van der Waals surface area contributed by atoms with Crippen LogP contribution in [0.25, 0.3) is 0 Å². The lowest BCUT2D eigenvalue weighted by molar-refractivity contribution is 0.592. The third-order valence-corrected chi connectivity index (χ3v) is 3.98. The summed E-state index contributed by atoms with van der Waals surface area (Å²) in [5, 5.41) is 0. The van der Waals surface area contributed by atoms with Gasteiger partial charge in [0, 0.05) is 0 Å². The van der Waals surface area contributed by atoms with Crippen molar-refractivity contribution in [1.29, 1.82) is 0 Å². The molecular formula is C20H32. The topological polar surface area (TPSA) is 0 Å². The van der Waals surface area contributed by atoms with E-state index in [1.54, 1.807) is 0 Å². The second kappa shape index (κ2) is 11.8. The molecular weight excluding hydrogens is 240 g/mol. The Morgan fingerprint density at radius 2 is 1.45 bits per heavy atom. The highest BCUT2D eigenvalue weighted by Crippen LogP contribution is 2.11. The SMILES string of the molecule is CCCCCCCCCC=CCCc1ccccc1C. The first-order chi connectivity index (χ1) is 9.84. The first kappa shape index (κ1) is 17.0. The van der Waals surface area contributed by atoms with E-state index in [1.807, 2.05) is 0 Å². The number of hydrogen-bond acceptors (Lipinski definition) is 0. The maximum absolute atomic E-state index is 2.38. The number of allylic oxidation sites excluding steroid dienone is 2. The Balaban J connectivity index is 1.96. The highest BCUT2D eigenvalue weighted by molar-refractivity contribution is 5.25. The van der Waals surface area contributed by atoms with Gasteiger partial charge in [-0.25, -0.2) is 0 Å². The standard InChI is InChI=1S/C20H32/c1-3-4-5-6-7-8-9-10-11-12-13-17-20-18-15-14-16-19(20)2/h11-12,14-16,18H,3-10,13,17H2,1-2H3. The lowest BCUT2D eigenvalue weighted by Crippen LogP contribution is -1.87. The van der Waals surface area contributed by atoms with E-state index in [9.17, 15) is 0 Å². The van der Waals surface area contributed by atoms with Crippen LogP contribution in [0.3, 0.4) is 0 Å². The maximum atomic E-state index is 2.38. The van der Waals surface area contributed by atoms with Gasteiger partial charge in [-0.1, -0.05) is 81.9 Å². The van der Waals surface area contributed by atoms with Crippen LogP contribution in [0.5, 0.6) is 0 Å². The Bertz CT molecular complexity index is 362. The van der Waals surface area contributed by atoms with Gasteiger partial charge < -0.3 is 0 Å². The molecule has 20 heavy (non-hydrogen) atoms. The minimum atomic E-state index is 1.18. The molecule has 0 amide bonds. The summed E-state index contributed by atoms with van der Waals surface area (Å²) in [4.78, 5) is 0. The Labute approximate surface area is 126 Å². The quantitative estimate of drug-likeness (QED) is 0.313. The summed E-state index contributed by atoms with van der Waals surface area (Å²) in [6.07, 6.45) is 18.2. The van der Waals surface area contributed by atoms with Crippen LogP contribution in [0.4, 0.5) is 0 Å². The van der Waals surface area contributed by atoms with Crippen LogP contribution in [0.15, 0.2) is 36.4 Å². The van der Waals surface area contributed by atoms with Gasteiger partial charge in [-0.15, -0.1) is 0 Å². The zero-order valence-corrected chi connectivity index (χ0v) is 13.5. The van der Waals surface area contributed by atoms with Crippen LogP contribution in [0.1, 0.15) is 75.8 Å². The lowest BCUT2D eigenvalue weighted by atomic mass is 10.0. The molecule has 0 atom stereocenters. The summed E-state index contributed by atoms with van der Waals surface area (Å²) in [5.41, 5.74) is 2.92. The van der Waals surface area contributed by atoms with E-state index in [4.69, 9.17) is 0 Å². The van der Waals surface area contributed by atoms with Crippen LogP contribution in [0.2, 0.25) is 0 Å². The fourth-order valence-corrected chi connectivity index (χ4v) is 2.58. The molecule has 0 heterocycles. The summed E-state index contributed by atoms with van der Waals surface area (Å²) in [6.45, 7) is 4.49. The molecule has 0 fully saturated rings. The van der Waals surface area contributed by atoms with Gasteiger partial charge in [0.15, 0.2) is 0 Å². The highest BCUT2D eigenvalue weighted by atomic mass is 14.0. The Hall–Kier alpha value is -1.04. The first-order valence-corrected chi connectivity index (χ1v) is 8.54. The van der Waals surface area contributed by atoms with Crippen LogP contribution >= 0.6 is 0 Å². The minimum Gasteiger partial charge on any atom is -0.0885 e.